The Kier molecular flexibility index (Phi) is 4.12. The first-order chi connectivity index (χ1) is 16.4. The van der Waals surface area contributed by atoms with Crippen LogP contribution in [-0.4, -0.2) is 0 Å². The fraction of sp³-hybridized carbons (Fsp3) is 0. The molecule has 0 aliphatic carbocycles. The number of fused-ring (bicyclic) bond motifs is 7. The third kappa shape index (κ3) is 2.83. The van der Waals surface area contributed by atoms with Crippen molar-refractivity contribution in [2.75, 3.05) is 0 Å². The van der Waals surface area contributed by atoms with Crippen LogP contribution in [0.15, 0.2) is 121 Å². The van der Waals surface area contributed by atoms with Gasteiger partial charge in [0.15, 0.2) is 0 Å². The van der Waals surface area contributed by atoms with E-state index in [4.69, 9.17) is 0 Å². The summed E-state index contributed by atoms with van der Waals surface area (Å²) in [6.07, 6.45) is 0. The van der Waals surface area contributed by atoms with Crippen LogP contribution in [-0.2, 0) is 0 Å². The maximum atomic E-state index is 2.37. The molecule has 0 radical (unpaired) electrons. The Morgan fingerprint density at radius 2 is 0.788 bits per heavy atom. The summed E-state index contributed by atoms with van der Waals surface area (Å²) in [5.41, 5.74) is 5.16. The number of rotatable bonds is 2. The molecule has 6 aromatic carbocycles. The molecule has 0 saturated carbocycles. The number of hydrogen-bond donors (Lipinski definition) is 0. The standard InChI is InChI=1S/C32H20S/c1-3-11-21(12-4-1)27-19-23-15-7-9-17-25(23)29-30-26-18-10-8-16-24(26)20-28(32(30)33-31(27)29)22-13-5-2-6-14-22/h1-20H. The second-order valence-electron chi connectivity index (χ2n) is 8.53. The van der Waals surface area contributed by atoms with Crippen LogP contribution in [0.2, 0.25) is 0 Å². The van der Waals surface area contributed by atoms with Gasteiger partial charge >= 0.3 is 0 Å². The van der Waals surface area contributed by atoms with Gasteiger partial charge in [-0.2, -0.15) is 0 Å². The zero-order chi connectivity index (χ0) is 21.8. The SMILES string of the molecule is c1ccc(-c2cc3ccccc3c3c2sc2c(-c4ccccc4)cc4ccccc4c23)cc1. The first-order valence-electron chi connectivity index (χ1n) is 11.3. The lowest BCUT2D eigenvalue weighted by atomic mass is 9.93. The van der Waals surface area contributed by atoms with Gasteiger partial charge in [-0.1, -0.05) is 109 Å². The Balaban J connectivity index is 1.77. The van der Waals surface area contributed by atoms with Crippen LogP contribution in [0.5, 0.6) is 0 Å². The zero-order valence-electron chi connectivity index (χ0n) is 18.0. The van der Waals surface area contributed by atoms with Crippen LogP contribution in [0.25, 0.3) is 64.0 Å². The van der Waals surface area contributed by atoms with Crippen LogP contribution in [0.4, 0.5) is 0 Å². The molecule has 7 rings (SSSR count). The lowest BCUT2D eigenvalue weighted by Crippen LogP contribution is -1.83. The largest absolute Gasteiger partial charge is 0.134 e. The van der Waals surface area contributed by atoms with Gasteiger partial charge in [0.2, 0.25) is 0 Å². The predicted octanol–water partition coefficient (Wildman–Crippen LogP) is 9.69. The first kappa shape index (κ1) is 18.6. The van der Waals surface area contributed by atoms with E-state index in [2.05, 4.69) is 121 Å². The molecular formula is C32H20S. The summed E-state index contributed by atoms with van der Waals surface area (Å²) < 4.78 is 2.73. The van der Waals surface area contributed by atoms with Crippen molar-refractivity contribution >= 4 is 53.1 Å². The minimum absolute atomic E-state index is 1.27. The smallest absolute Gasteiger partial charge is 0.0440 e. The quantitative estimate of drug-likeness (QED) is 0.253. The van der Waals surface area contributed by atoms with Crippen LogP contribution in [0.3, 0.4) is 0 Å². The molecule has 0 bridgehead atoms. The van der Waals surface area contributed by atoms with Gasteiger partial charge in [-0.05, 0) is 44.8 Å². The Morgan fingerprint density at radius 1 is 0.394 bits per heavy atom. The molecule has 0 amide bonds. The van der Waals surface area contributed by atoms with Crippen LogP contribution in [0.1, 0.15) is 0 Å². The third-order valence-corrected chi connectivity index (χ3v) is 7.88. The maximum Gasteiger partial charge on any atom is 0.0440 e. The van der Waals surface area contributed by atoms with E-state index in [1.54, 1.807) is 0 Å². The summed E-state index contributed by atoms with van der Waals surface area (Å²) in [6.45, 7) is 0. The zero-order valence-corrected chi connectivity index (χ0v) is 18.8. The molecule has 7 aromatic rings. The average Bonchev–Trinajstić information content (AvgIpc) is 3.30. The van der Waals surface area contributed by atoms with Gasteiger partial charge < -0.3 is 0 Å². The molecule has 0 fully saturated rings. The Labute approximate surface area is 196 Å². The van der Waals surface area contributed by atoms with E-state index in [1.165, 1.54) is 64.0 Å². The van der Waals surface area contributed by atoms with Crippen LogP contribution >= 0.6 is 11.3 Å². The van der Waals surface area contributed by atoms with Gasteiger partial charge in [-0.3, -0.25) is 0 Å². The van der Waals surface area contributed by atoms with Crippen molar-refractivity contribution < 1.29 is 0 Å². The van der Waals surface area contributed by atoms with Gasteiger partial charge in [-0.25, -0.2) is 0 Å². The molecule has 0 N–H and O–H groups in total. The molecule has 33 heavy (non-hydrogen) atoms. The van der Waals surface area contributed by atoms with Crippen molar-refractivity contribution in [3.63, 3.8) is 0 Å². The maximum absolute atomic E-state index is 2.37. The van der Waals surface area contributed by atoms with Crippen molar-refractivity contribution in [1.29, 1.82) is 0 Å². The fourth-order valence-corrected chi connectivity index (χ4v) is 6.54. The van der Waals surface area contributed by atoms with Crippen molar-refractivity contribution in [2.24, 2.45) is 0 Å². The minimum Gasteiger partial charge on any atom is -0.134 e. The summed E-state index contributed by atoms with van der Waals surface area (Å²) in [5.74, 6) is 0. The first-order valence-corrected chi connectivity index (χ1v) is 12.1. The third-order valence-electron chi connectivity index (χ3n) is 6.63. The molecule has 0 atom stereocenters. The molecule has 1 aromatic heterocycles. The van der Waals surface area contributed by atoms with Crippen molar-refractivity contribution in [1.82, 2.24) is 0 Å². The molecule has 0 aliphatic rings. The minimum atomic E-state index is 1.27. The topological polar surface area (TPSA) is 0 Å². The summed E-state index contributed by atoms with van der Waals surface area (Å²) >= 11 is 1.93. The van der Waals surface area contributed by atoms with Crippen molar-refractivity contribution in [3.05, 3.63) is 121 Å². The summed E-state index contributed by atoms with van der Waals surface area (Å²) in [7, 11) is 0. The molecule has 0 spiro atoms. The highest BCUT2D eigenvalue weighted by Gasteiger charge is 2.19. The molecule has 0 aliphatic heterocycles. The van der Waals surface area contributed by atoms with E-state index in [0.717, 1.165) is 0 Å². The highest BCUT2D eigenvalue weighted by Crippen LogP contribution is 2.49. The van der Waals surface area contributed by atoms with E-state index in [-0.39, 0.29) is 0 Å². The summed E-state index contributed by atoms with van der Waals surface area (Å²) in [5, 5.41) is 7.99. The highest BCUT2D eigenvalue weighted by atomic mass is 32.1. The Bertz CT molecular complexity index is 1660. The van der Waals surface area contributed by atoms with E-state index in [1.807, 2.05) is 11.3 Å². The fourth-order valence-electron chi connectivity index (χ4n) is 5.13. The number of thiophene rings is 1. The average molecular weight is 437 g/mol. The van der Waals surface area contributed by atoms with E-state index in [9.17, 15) is 0 Å². The Morgan fingerprint density at radius 3 is 1.24 bits per heavy atom. The van der Waals surface area contributed by atoms with E-state index < -0.39 is 0 Å². The van der Waals surface area contributed by atoms with E-state index >= 15 is 0 Å². The van der Waals surface area contributed by atoms with Gasteiger partial charge in [0.1, 0.15) is 0 Å². The van der Waals surface area contributed by atoms with Gasteiger partial charge in [0.05, 0.1) is 0 Å². The molecular weight excluding hydrogens is 416 g/mol. The van der Waals surface area contributed by atoms with Gasteiger partial charge in [0, 0.05) is 31.3 Å². The molecule has 154 valence electrons. The molecule has 1 heteroatoms. The predicted molar refractivity (Wildman–Crippen MR) is 145 cm³/mol. The van der Waals surface area contributed by atoms with Crippen molar-refractivity contribution in [2.45, 2.75) is 0 Å². The normalized spacial score (nSPS) is 11.6. The molecule has 0 nitrogen and oxygen atoms in total. The monoisotopic (exact) mass is 436 g/mol. The Hall–Kier alpha value is -3.94. The lowest BCUT2D eigenvalue weighted by molar-refractivity contribution is 1.68. The van der Waals surface area contributed by atoms with Crippen molar-refractivity contribution in [3.8, 4) is 22.3 Å². The second kappa shape index (κ2) is 7.30. The lowest BCUT2D eigenvalue weighted by Gasteiger charge is -2.10. The summed E-state index contributed by atoms with van der Waals surface area (Å²) in [4.78, 5) is 0. The van der Waals surface area contributed by atoms with E-state index in [0.29, 0.717) is 0 Å². The molecule has 0 saturated heterocycles. The van der Waals surface area contributed by atoms with Crippen LogP contribution in [0, 0.1) is 0 Å². The summed E-state index contributed by atoms with van der Waals surface area (Å²) in [6, 6.07) is 44.0. The molecule has 0 unspecified atom stereocenters. The molecule has 1 heterocycles. The van der Waals surface area contributed by atoms with Gasteiger partial charge in [-0.15, -0.1) is 11.3 Å². The van der Waals surface area contributed by atoms with Gasteiger partial charge in [0.25, 0.3) is 0 Å². The number of hydrogen-bond acceptors (Lipinski definition) is 1. The highest BCUT2D eigenvalue weighted by molar-refractivity contribution is 7.27. The second-order valence-corrected chi connectivity index (χ2v) is 9.55. The van der Waals surface area contributed by atoms with Crippen LogP contribution < -0.4 is 0 Å². The number of benzene rings is 6.